The zero-order valence-corrected chi connectivity index (χ0v) is 17.4. The summed E-state index contributed by atoms with van der Waals surface area (Å²) in [4.78, 5) is 33.7. The molecule has 0 spiro atoms. The molecule has 156 valence electrons. The summed E-state index contributed by atoms with van der Waals surface area (Å²) in [6.07, 6.45) is 5.79. The number of amides is 1. The third kappa shape index (κ3) is 4.12. The largest absolute Gasteiger partial charge is 0.463 e. The van der Waals surface area contributed by atoms with Crippen LogP contribution in [0.4, 0.5) is 5.69 Å². The van der Waals surface area contributed by atoms with Crippen molar-refractivity contribution in [2.24, 2.45) is 9.98 Å². The molecule has 1 aromatic rings. The Morgan fingerprint density at radius 2 is 2.13 bits per heavy atom. The Morgan fingerprint density at radius 3 is 2.87 bits per heavy atom. The molecule has 2 heterocycles. The van der Waals surface area contributed by atoms with Gasteiger partial charge >= 0.3 is 5.97 Å². The molecule has 2 aliphatic heterocycles. The number of hydrazine groups is 1. The van der Waals surface area contributed by atoms with Gasteiger partial charge in [-0.25, -0.2) is 14.8 Å². The van der Waals surface area contributed by atoms with Crippen molar-refractivity contribution in [2.45, 2.75) is 46.1 Å². The Balaban J connectivity index is 1.63. The predicted octanol–water partition coefficient (Wildman–Crippen LogP) is 2.89. The third-order valence-electron chi connectivity index (χ3n) is 5.13. The maximum Gasteiger partial charge on any atom is 0.335 e. The van der Waals surface area contributed by atoms with Gasteiger partial charge in [0.05, 0.1) is 17.9 Å². The highest BCUT2D eigenvalue weighted by atomic mass is 16.5. The minimum atomic E-state index is -0.330. The van der Waals surface area contributed by atoms with Gasteiger partial charge in [-0.1, -0.05) is 6.07 Å². The number of aryl methyl sites for hydroxylation is 1. The fraction of sp³-hybridized carbons (Fsp3) is 0.364. The number of hydrogen-bond donors (Lipinski definition) is 2. The van der Waals surface area contributed by atoms with Crippen molar-refractivity contribution in [3.05, 3.63) is 52.4 Å². The topological polar surface area (TPSA) is 95.4 Å². The van der Waals surface area contributed by atoms with E-state index in [1.54, 1.807) is 24.2 Å². The molecule has 1 aromatic carbocycles. The zero-order valence-electron chi connectivity index (χ0n) is 17.4. The van der Waals surface area contributed by atoms with Gasteiger partial charge in [0.2, 0.25) is 0 Å². The molecule has 3 aliphatic rings. The van der Waals surface area contributed by atoms with Crippen molar-refractivity contribution < 1.29 is 14.3 Å². The number of ether oxygens (including phenoxy) is 1. The Labute approximate surface area is 175 Å². The summed E-state index contributed by atoms with van der Waals surface area (Å²) in [5, 5.41) is 4.73. The van der Waals surface area contributed by atoms with Gasteiger partial charge in [0.1, 0.15) is 12.0 Å². The third-order valence-corrected chi connectivity index (χ3v) is 5.13. The van der Waals surface area contributed by atoms with Crippen LogP contribution >= 0.6 is 0 Å². The second-order valence-corrected chi connectivity index (χ2v) is 7.62. The molecule has 2 N–H and O–H groups in total. The molecule has 1 fully saturated rings. The van der Waals surface area contributed by atoms with E-state index in [2.05, 4.69) is 15.7 Å². The zero-order chi connectivity index (χ0) is 21.3. The number of fused-ring (bicyclic) bond motifs is 1. The summed E-state index contributed by atoms with van der Waals surface area (Å²) < 4.78 is 5.13. The summed E-state index contributed by atoms with van der Waals surface area (Å²) >= 11 is 0. The lowest BCUT2D eigenvalue weighted by atomic mass is 10.0. The highest BCUT2D eigenvalue weighted by Gasteiger charge is 2.28. The van der Waals surface area contributed by atoms with Crippen LogP contribution in [0.3, 0.4) is 0 Å². The number of hydrogen-bond acceptors (Lipinski definition) is 6. The molecule has 0 radical (unpaired) electrons. The first-order valence-corrected chi connectivity index (χ1v) is 10.1. The van der Waals surface area contributed by atoms with Gasteiger partial charge in [0, 0.05) is 24.2 Å². The molecular formula is C22H25N5O3. The van der Waals surface area contributed by atoms with E-state index in [4.69, 9.17) is 9.73 Å². The molecule has 0 atom stereocenters. The van der Waals surface area contributed by atoms with Crippen LogP contribution in [0.5, 0.6) is 0 Å². The van der Waals surface area contributed by atoms with Crippen LogP contribution in [0.2, 0.25) is 0 Å². The number of rotatable bonds is 5. The van der Waals surface area contributed by atoms with E-state index in [0.29, 0.717) is 41.7 Å². The molecule has 8 nitrogen and oxygen atoms in total. The van der Waals surface area contributed by atoms with E-state index in [-0.39, 0.29) is 11.9 Å². The number of amidine groups is 1. The highest BCUT2D eigenvalue weighted by Crippen LogP contribution is 2.30. The number of nitrogens with one attached hydrogen (secondary N) is 2. The standard InChI is InChI=1S/C22H25N5O3/c1-4-30-22(29)16-9-14(3)19-20(23-12-24-27(19)11-16)26-18-10-15(6-5-13(18)2)21(28)25-17-7-8-17/h5-6,10-12,17H,4,7-9H2,1-3H3,(H,25,28)(H,23,24,26). The highest BCUT2D eigenvalue weighted by molar-refractivity contribution is 6.06. The van der Waals surface area contributed by atoms with Crippen LogP contribution in [0.25, 0.3) is 0 Å². The monoisotopic (exact) mass is 407 g/mol. The molecule has 1 amide bonds. The first kappa shape index (κ1) is 19.9. The van der Waals surface area contributed by atoms with Crippen LogP contribution in [0.1, 0.15) is 49.0 Å². The molecule has 30 heavy (non-hydrogen) atoms. The van der Waals surface area contributed by atoms with E-state index in [1.165, 1.54) is 6.34 Å². The van der Waals surface area contributed by atoms with Crippen molar-refractivity contribution in [1.82, 2.24) is 15.8 Å². The van der Waals surface area contributed by atoms with Gasteiger partial charge < -0.3 is 10.1 Å². The first-order chi connectivity index (χ1) is 14.5. The van der Waals surface area contributed by atoms with Crippen molar-refractivity contribution in [1.29, 1.82) is 0 Å². The molecule has 1 saturated carbocycles. The molecule has 0 saturated heterocycles. The van der Waals surface area contributed by atoms with Crippen molar-refractivity contribution in [2.75, 3.05) is 6.61 Å². The molecule has 4 rings (SSSR count). The lowest BCUT2D eigenvalue weighted by Gasteiger charge is -2.32. The van der Waals surface area contributed by atoms with Gasteiger partial charge in [0.25, 0.3) is 5.91 Å². The molecular weight excluding hydrogens is 382 g/mol. The fourth-order valence-corrected chi connectivity index (χ4v) is 3.37. The second-order valence-electron chi connectivity index (χ2n) is 7.62. The van der Waals surface area contributed by atoms with E-state index < -0.39 is 0 Å². The van der Waals surface area contributed by atoms with Crippen LogP contribution < -0.4 is 10.7 Å². The maximum atomic E-state index is 12.4. The van der Waals surface area contributed by atoms with Crippen molar-refractivity contribution >= 4 is 29.7 Å². The average molecular weight is 407 g/mol. The summed E-state index contributed by atoms with van der Waals surface area (Å²) in [6, 6.07) is 5.80. The number of carbonyl (C=O) groups excluding carboxylic acids is 2. The van der Waals surface area contributed by atoms with Crippen molar-refractivity contribution in [3.63, 3.8) is 0 Å². The van der Waals surface area contributed by atoms with Gasteiger partial charge in [-0.2, -0.15) is 0 Å². The lowest BCUT2D eigenvalue weighted by molar-refractivity contribution is -0.138. The summed E-state index contributed by atoms with van der Waals surface area (Å²) in [5.41, 5.74) is 7.54. The van der Waals surface area contributed by atoms with Gasteiger partial charge in [-0.05, 0) is 56.9 Å². The van der Waals surface area contributed by atoms with Gasteiger partial charge in [0.15, 0.2) is 5.84 Å². The molecule has 1 aliphatic carbocycles. The normalized spacial score (nSPS) is 19.2. The lowest BCUT2D eigenvalue weighted by Crippen LogP contribution is -2.41. The molecule has 0 bridgehead atoms. The number of esters is 1. The minimum absolute atomic E-state index is 0.0792. The smallest absolute Gasteiger partial charge is 0.335 e. The Hall–Kier alpha value is -3.42. The first-order valence-electron chi connectivity index (χ1n) is 10.1. The Bertz CT molecular complexity index is 1020. The van der Waals surface area contributed by atoms with Crippen LogP contribution in [-0.2, 0) is 9.53 Å². The van der Waals surface area contributed by atoms with E-state index in [1.807, 2.05) is 26.0 Å². The summed E-state index contributed by atoms with van der Waals surface area (Å²) in [6.45, 7) is 6.01. The average Bonchev–Trinajstić information content (AvgIpc) is 3.53. The maximum absolute atomic E-state index is 12.4. The number of aliphatic imine (C=N–C) groups is 2. The number of carbonyl (C=O) groups is 2. The fourth-order valence-electron chi connectivity index (χ4n) is 3.37. The quantitative estimate of drug-likeness (QED) is 0.732. The number of allylic oxidation sites excluding steroid dienone is 1. The van der Waals surface area contributed by atoms with Crippen LogP contribution in [0, 0.1) is 6.92 Å². The SMILES string of the molecule is CCOC(=O)C1=CN2NC=NC(=Nc3cc(C(=O)NC4CC4)ccc3C)C2=C(C)C1. The second kappa shape index (κ2) is 8.14. The predicted molar refractivity (Wildman–Crippen MR) is 114 cm³/mol. The molecule has 8 heteroatoms. The van der Waals surface area contributed by atoms with E-state index in [0.717, 1.165) is 29.7 Å². The van der Waals surface area contributed by atoms with Crippen LogP contribution in [-0.4, -0.2) is 41.7 Å². The summed E-state index contributed by atoms with van der Waals surface area (Å²) in [7, 11) is 0. The van der Waals surface area contributed by atoms with Gasteiger partial charge in [-0.3, -0.25) is 15.2 Å². The number of benzene rings is 1. The molecule has 0 aromatic heterocycles. The van der Waals surface area contributed by atoms with E-state index >= 15 is 0 Å². The Morgan fingerprint density at radius 1 is 1.33 bits per heavy atom. The van der Waals surface area contributed by atoms with Gasteiger partial charge in [-0.15, -0.1) is 0 Å². The van der Waals surface area contributed by atoms with E-state index in [9.17, 15) is 9.59 Å². The van der Waals surface area contributed by atoms with Crippen LogP contribution in [0.15, 0.2) is 51.2 Å². The van der Waals surface area contributed by atoms with Crippen molar-refractivity contribution in [3.8, 4) is 0 Å². The molecule has 0 unspecified atom stereocenters. The summed E-state index contributed by atoms with van der Waals surface area (Å²) in [5.74, 6) is 0.113. The minimum Gasteiger partial charge on any atom is -0.463 e. The Kier molecular flexibility index (Phi) is 5.39. The number of nitrogens with zero attached hydrogens (tertiary/aromatic N) is 3.